The van der Waals surface area contributed by atoms with Crippen LogP contribution in [0.1, 0.15) is 38.2 Å². The van der Waals surface area contributed by atoms with Gasteiger partial charge in [0, 0.05) is 4.47 Å². The molecule has 1 aromatic carbocycles. The van der Waals surface area contributed by atoms with Crippen molar-refractivity contribution in [3.8, 4) is 5.75 Å². The SMILES string of the molecule is CC1CCCCC1Oc1ccc(Br)cc1C(N)=S. The first kappa shape index (κ1) is 13.8. The Hall–Kier alpha value is -0.610. The van der Waals surface area contributed by atoms with Crippen molar-refractivity contribution in [2.24, 2.45) is 11.7 Å². The molecule has 0 aromatic heterocycles. The van der Waals surface area contributed by atoms with Crippen LogP contribution in [0.3, 0.4) is 0 Å². The van der Waals surface area contributed by atoms with Gasteiger partial charge in [0.15, 0.2) is 0 Å². The molecule has 2 N–H and O–H groups in total. The summed E-state index contributed by atoms with van der Waals surface area (Å²) in [5.41, 5.74) is 6.57. The van der Waals surface area contributed by atoms with Gasteiger partial charge < -0.3 is 10.5 Å². The first-order valence-corrected chi connectivity index (χ1v) is 7.54. The lowest BCUT2D eigenvalue weighted by Crippen LogP contribution is -2.29. The van der Waals surface area contributed by atoms with Crippen molar-refractivity contribution in [3.05, 3.63) is 28.2 Å². The van der Waals surface area contributed by atoms with Gasteiger partial charge in [-0.2, -0.15) is 0 Å². The third-order valence-electron chi connectivity index (χ3n) is 3.52. The highest BCUT2D eigenvalue weighted by molar-refractivity contribution is 9.10. The lowest BCUT2D eigenvalue weighted by Gasteiger charge is -2.30. The molecule has 0 radical (unpaired) electrons. The number of hydrogen-bond acceptors (Lipinski definition) is 2. The van der Waals surface area contributed by atoms with E-state index in [2.05, 4.69) is 22.9 Å². The van der Waals surface area contributed by atoms with Gasteiger partial charge in [-0.15, -0.1) is 0 Å². The maximum Gasteiger partial charge on any atom is 0.129 e. The van der Waals surface area contributed by atoms with Gasteiger partial charge >= 0.3 is 0 Å². The Balaban J connectivity index is 2.20. The Morgan fingerprint density at radius 1 is 1.39 bits per heavy atom. The number of hydrogen-bond donors (Lipinski definition) is 1. The van der Waals surface area contributed by atoms with Gasteiger partial charge in [-0.25, -0.2) is 0 Å². The van der Waals surface area contributed by atoms with Crippen LogP contribution in [0.15, 0.2) is 22.7 Å². The monoisotopic (exact) mass is 327 g/mol. The highest BCUT2D eigenvalue weighted by Crippen LogP contribution is 2.30. The van der Waals surface area contributed by atoms with E-state index < -0.39 is 0 Å². The third kappa shape index (κ3) is 3.23. The molecule has 1 aromatic rings. The van der Waals surface area contributed by atoms with E-state index in [0.29, 0.717) is 10.9 Å². The van der Waals surface area contributed by atoms with E-state index in [4.69, 9.17) is 22.7 Å². The molecule has 98 valence electrons. The van der Waals surface area contributed by atoms with Gasteiger partial charge in [-0.1, -0.05) is 41.5 Å². The molecule has 1 aliphatic carbocycles. The summed E-state index contributed by atoms with van der Waals surface area (Å²) in [6.45, 7) is 2.25. The van der Waals surface area contributed by atoms with Crippen molar-refractivity contribution in [1.82, 2.24) is 0 Å². The molecule has 2 atom stereocenters. The molecule has 2 unspecified atom stereocenters. The highest BCUT2D eigenvalue weighted by Gasteiger charge is 2.24. The fraction of sp³-hybridized carbons (Fsp3) is 0.500. The van der Waals surface area contributed by atoms with E-state index in [-0.39, 0.29) is 6.10 Å². The third-order valence-corrected chi connectivity index (χ3v) is 4.23. The van der Waals surface area contributed by atoms with Crippen LogP contribution < -0.4 is 10.5 Å². The van der Waals surface area contributed by atoms with Gasteiger partial charge in [0.2, 0.25) is 0 Å². The molecule has 0 heterocycles. The van der Waals surface area contributed by atoms with Crippen LogP contribution >= 0.6 is 28.1 Å². The van der Waals surface area contributed by atoms with E-state index in [1.54, 1.807) is 0 Å². The predicted octanol–water partition coefficient (Wildman–Crippen LogP) is 4.04. The minimum absolute atomic E-state index is 0.285. The molecule has 0 aliphatic heterocycles. The van der Waals surface area contributed by atoms with Crippen molar-refractivity contribution >= 4 is 33.1 Å². The number of halogens is 1. The summed E-state index contributed by atoms with van der Waals surface area (Å²) in [5, 5.41) is 0. The van der Waals surface area contributed by atoms with Crippen molar-refractivity contribution < 1.29 is 4.74 Å². The Morgan fingerprint density at radius 3 is 2.78 bits per heavy atom. The summed E-state index contributed by atoms with van der Waals surface area (Å²) in [5.74, 6) is 1.41. The van der Waals surface area contributed by atoms with Crippen LogP contribution in [0.25, 0.3) is 0 Å². The number of ether oxygens (including phenoxy) is 1. The molecule has 2 rings (SSSR count). The molecule has 1 aliphatic rings. The lowest BCUT2D eigenvalue weighted by atomic mass is 9.88. The molecule has 1 fully saturated rings. The first-order valence-electron chi connectivity index (χ1n) is 6.34. The maximum atomic E-state index is 6.13. The van der Waals surface area contributed by atoms with Crippen molar-refractivity contribution in [1.29, 1.82) is 0 Å². The average molecular weight is 328 g/mol. The summed E-state index contributed by atoms with van der Waals surface area (Å²) in [4.78, 5) is 0.384. The quantitative estimate of drug-likeness (QED) is 0.851. The van der Waals surface area contributed by atoms with Crippen molar-refractivity contribution in [3.63, 3.8) is 0 Å². The topological polar surface area (TPSA) is 35.2 Å². The van der Waals surface area contributed by atoms with E-state index in [1.807, 2.05) is 18.2 Å². The van der Waals surface area contributed by atoms with E-state index in [1.165, 1.54) is 19.3 Å². The zero-order valence-electron chi connectivity index (χ0n) is 10.5. The van der Waals surface area contributed by atoms with Gasteiger partial charge in [0.05, 0.1) is 5.56 Å². The Labute approximate surface area is 122 Å². The van der Waals surface area contributed by atoms with Gasteiger partial charge in [-0.05, 0) is 43.4 Å². The number of rotatable bonds is 3. The minimum atomic E-state index is 0.285. The van der Waals surface area contributed by atoms with Gasteiger partial charge in [-0.3, -0.25) is 0 Å². The number of thiocarbonyl (C=S) groups is 1. The molecular weight excluding hydrogens is 310 g/mol. The van der Waals surface area contributed by atoms with Crippen LogP contribution in [0, 0.1) is 5.92 Å². The first-order chi connectivity index (χ1) is 8.58. The number of benzene rings is 1. The zero-order chi connectivity index (χ0) is 13.1. The van der Waals surface area contributed by atoms with Crippen LogP contribution in [0.5, 0.6) is 5.75 Å². The fourth-order valence-electron chi connectivity index (χ4n) is 2.42. The second-order valence-corrected chi connectivity index (χ2v) is 6.28. The summed E-state index contributed by atoms with van der Waals surface area (Å²) in [6, 6.07) is 5.83. The largest absolute Gasteiger partial charge is 0.489 e. The second kappa shape index (κ2) is 6.02. The fourth-order valence-corrected chi connectivity index (χ4v) is 2.94. The molecule has 18 heavy (non-hydrogen) atoms. The van der Waals surface area contributed by atoms with E-state index >= 15 is 0 Å². The summed E-state index contributed by atoms with van der Waals surface area (Å²) >= 11 is 8.51. The molecule has 0 saturated heterocycles. The van der Waals surface area contributed by atoms with Gasteiger partial charge in [0.1, 0.15) is 16.8 Å². The molecule has 0 bridgehead atoms. The summed E-state index contributed by atoms with van der Waals surface area (Å²) in [6.07, 6.45) is 5.20. The second-order valence-electron chi connectivity index (χ2n) is 4.92. The van der Waals surface area contributed by atoms with E-state index in [9.17, 15) is 0 Å². The minimum Gasteiger partial charge on any atom is -0.489 e. The molecule has 4 heteroatoms. The standard InChI is InChI=1S/C14H18BrNOS/c1-9-4-2-3-5-12(9)17-13-7-6-10(15)8-11(13)14(16)18/h6-9,12H,2-5H2,1H3,(H2,16,18). The molecule has 2 nitrogen and oxygen atoms in total. The molecular formula is C14H18BrNOS. The number of nitrogens with two attached hydrogens (primary N) is 1. The van der Waals surface area contributed by atoms with Crippen LogP contribution in [-0.2, 0) is 0 Å². The maximum absolute atomic E-state index is 6.13. The van der Waals surface area contributed by atoms with Crippen molar-refractivity contribution in [2.75, 3.05) is 0 Å². The molecule has 0 spiro atoms. The van der Waals surface area contributed by atoms with E-state index in [0.717, 1.165) is 22.2 Å². The summed E-state index contributed by atoms with van der Waals surface area (Å²) in [7, 11) is 0. The lowest BCUT2D eigenvalue weighted by molar-refractivity contribution is 0.102. The summed E-state index contributed by atoms with van der Waals surface area (Å²) < 4.78 is 7.09. The average Bonchev–Trinajstić information content (AvgIpc) is 2.34. The van der Waals surface area contributed by atoms with Crippen LogP contribution in [-0.4, -0.2) is 11.1 Å². The molecule has 0 amide bonds. The Bertz CT molecular complexity index is 449. The normalized spacial score (nSPS) is 23.7. The Morgan fingerprint density at radius 2 is 2.11 bits per heavy atom. The van der Waals surface area contributed by atoms with Crippen LogP contribution in [0.4, 0.5) is 0 Å². The van der Waals surface area contributed by atoms with Gasteiger partial charge in [0.25, 0.3) is 0 Å². The highest BCUT2D eigenvalue weighted by atomic mass is 79.9. The Kier molecular flexibility index (Phi) is 4.62. The van der Waals surface area contributed by atoms with Crippen molar-refractivity contribution in [2.45, 2.75) is 38.7 Å². The van der Waals surface area contributed by atoms with Crippen LogP contribution in [0.2, 0.25) is 0 Å². The smallest absolute Gasteiger partial charge is 0.129 e. The zero-order valence-corrected chi connectivity index (χ0v) is 12.9. The predicted molar refractivity (Wildman–Crippen MR) is 82.1 cm³/mol. The molecule has 1 saturated carbocycles.